The van der Waals surface area contributed by atoms with Gasteiger partial charge in [0.25, 0.3) is 0 Å². The molecular weight excluding hydrogens is 1700 g/mol. The first kappa shape index (κ1) is 104. The Morgan fingerprint density at radius 1 is 0.302 bits per heavy atom. The molecule has 0 saturated carbocycles. The number of thiophene rings is 8. The lowest BCUT2D eigenvalue weighted by Gasteiger charge is -2.19. The molecule has 2 unspecified atom stereocenters. The van der Waals surface area contributed by atoms with Crippen molar-refractivity contribution in [3.63, 3.8) is 0 Å². The molecule has 0 amide bonds. The van der Waals surface area contributed by atoms with Crippen LogP contribution < -0.4 is 9.47 Å². The van der Waals surface area contributed by atoms with Gasteiger partial charge in [-0.2, -0.15) is 10.5 Å². The van der Waals surface area contributed by atoms with E-state index in [4.69, 9.17) is 18.9 Å². The van der Waals surface area contributed by atoms with Crippen LogP contribution in [0.2, 0.25) is 0 Å². The Balaban J connectivity index is 1.20. The largest absolute Gasteiger partial charge is 0.491 e. The van der Waals surface area contributed by atoms with Crippen LogP contribution in [0, 0.1) is 34.5 Å². The number of esters is 2. The third-order valence-corrected chi connectivity index (χ3v) is 35.5. The smallest absolute Gasteiger partial charge is 0.348 e. The van der Waals surface area contributed by atoms with E-state index in [2.05, 4.69) is 144 Å². The van der Waals surface area contributed by atoms with Gasteiger partial charge in [-0.25, -0.2) is 9.59 Å². The molecule has 0 bridgehead atoms. The summed E-state index contributed by atoms with van der Waals surface area (Å²) in [6, 6.07) is 24.6. The minimum atomic E-state index is -0.513. The summed E-state index contributed by atoms with van der Waals surface area (Å²) < 4.78 is 29.3. The lowest BCUT2D eigenvalue weighted by Crippen LogP contribution is -2.12. The molecule has 8 aromatic heterocycles. The summed E-state index contributed by atoms with van der Waals surface area (Å²) >= 11 is 15.2. The summed E-state index contributed by atoms with van der Waals surface area (Å²) in [7, 11) is 0. The maximum Gasteiger partial charge on any atom is 0.348 e. The monoisotopic (exact) mass is 1860 g/mol. The van der Waals surface area contributed by atoms with Gasteiger partial charge in [0.1, 0.15) is 34.8 Å². The molecule has 0 aliphatic carbocycles. The Hall–Kier alpha value is -5.66. The van der Waals surface area contributed by atoms with E-state index in [0.29, 0.717) is 38.3 Å². The summed E-state index contributed by atoms with van der Waals surface area (Å²) in [6.07, 6.45) is 59.8. The van der Waals surface area contributed by atoms with Crippen LogP contribution in [0.4, 0.5) is 0 Å². The summed E-state index contributed by atoms with van der Waals surface area (Å²) in [4.78, 5) is 45.1. The molecule has 0 radical (unpaired) electrons. The third kappa shape index (κ3) is 31.8. The Morgan fingerprint density at radius 2 is 0.556 bits per heavy atom. The van der Waals surface area contributed by atoms with Gasteiger partial charge in [-0.05, 0) is 209 Å². The minimum absolute atomic E-state index is 0.0864. The Bertz CT molecular complexity index is 4470. The number of hydrogen-bond acceptors (Lipinski definition) is 16. The van der Waals surface area contributed by atoms with Crippen molar-refractivity contribution in [1.82, 2.24) is 0 Å². The fourth-order valence-electron chi connectivity index (χ4n) is 17.2. The van der Waals surface area contributed by atoms with Crippen LogP contribution in [-0.2, 0) is 57.6 Å². The molecule has 1 aromatic carbocycles. The van der Waals surface area contributed by atoms with Gasteiger partial charge in [-0.15, -0.1) is 90.7 Å². The first-order valence-electron chi connectivity index (χ1n) is 50.4. The molecule has 0 N–H and O–H groups in total. The first-order valence-corrected chi connectivity index (χ1v) is 57.0. The average molecular weight is 1860 g/mol. The first-order chi connectivity index (χ1) is 61.8. The van der Waals surface area contributed by atoms with Crippen molar-refractivity contribution in [2.45, 2.75) is 404 Å². The van der Waals surface area contributed by atoms with Crippen LogP contribution in [0.25, 0.3) is 90.9 Å². The van der Waals surface area contributed by atoms with Crippen molar-refractivity contribution in [3.8, 4) is 82.2 Å². The van der Waals surface area contributed by atoms with E-state index < -0.39 is 11.9 Å². The van der Waals surface area contributed by atoms with Crippen molar-refractivity contribution < 1.29 is 28.5 Å². The number of nitriles is 2. The summed E-state index contributed by atoms with van der Waals surface area (Å²) in [5, 5.41) is 23.5. The van der Waals surface area contributed by atoms with E-state index in [1.807, 2.05) is 80.2 Å². The maximum atomic E-state index is 13.7. The minimum Gasteiger partial charge on any atom is -0.491 e. The standard InChI is InChI=1S/C110H156N2O6S8/c1-13-25-35-43-45-53-63-115-109(113)87(75-111)71-91-81(57-47-37-27-15-3)65-97(119-91)103-83(59-49-39-29-17-5)67-93(121-103)95-69-85(61-51-41-31-19-7)105(123-95)99-73-89-101(117-77-79(23-11)55-33-21-9)108-90(102(107(89)125-99)118-78-80(24-12)56-34-22-10)74-100(126-108)106-86(62-52-42-32-20-8)70-96(124-106)94-68-84(60-50-40-30-18-6)104(122-94)98-66-82(58-48-38-28-16-4)92(120-98)72-88(76-112)110(114)116-64-54-46-44-36-26-14-2/h65-74,79-80H,13-64,77-78H2,1-12H3/b87-71+,88-72+. The number of ether oxygens (including phenoxy) is 4. The lowest BCUT2D eigenvalue weighted by molar-refractivity contribution is -0.139. The van der Waals surface area contributed by atoms with Gasteiger partial charge in [-0.3, -0.25) is 0 Å². The van der Waals surface area contributed by atoms with Crippen molar-refractivity contribution in [2.24, 2.45) is 11.8 Å². The zero-order valence-corrected chi connectivity index (χ0v) is 86.3. The molecule has 0 spiro atoms. The van der Waals surface area contributed by atoms with Crippen LogP contribution in [0.3, 0.4) is 0 Å². The lowest BCUT2D eigenvalue weighted by atomic mass is 10.0. The van der Waals surface area contributed by atoms with Crippen LogP contribution in [0.5, 0.6) is 11.5 Å². The molecular formula is C110H156N2O6S8. The second kappa shape index (κ2) is 59.0. The second-order valence-corrected chi connectivity index (χ2v) is 44.2. The van der Waals surface area contributed by atoms with Crippen molar-refractivity contribution in [2.75, 3.05) is 26.4 Å². The highest BCUT2D eigenvalue weighted by Crippen LogP contribution is 2.57. The van der Waals surface area contributed by atoms with Crippen LogP contribution in [0.15, 0.2) is 59.7 Å². The molecule has 0 aliphatic heterocycles. The predicted octanol–water partition coefficient (Wildman–Crippen LogP) is 38.0. The van der Waals surface area contributed by atoms with E-state index >= 15 is 0 Å². The van der Waals surface area contributed by atoms with E-state index in [9.17, 15) is 20.1 Å². The quantitative estimate of drug-likeness (QED) is 0.0160. The maximum absolute atomic E-state index is 13.7. The Labute approximate surface area is 794 Å². The van der Waals surface area contributed by atoms with Gasteiger partial charge in [0.05, 0.1) is 35.8 Å². The molecule has 0 saturated heterocycles. The zero-order chi connectivity index (χ0) is 89.6. The number of rotatable bonds is 68. The number of fused-ring (bicyclic) bond motifs is 2. The van der Waals surface area contributed by atoms with Crippen molar-refractivity contribution in [3.05, 3.63) is 103 Å². The molecule has 9 rings (SSSR count). The number of unbranched alkanes of at least 4 members (excludes halogenated alkanes) is 30. The molecule has 8 heterocycles. The Morgan fingerprint density at radius 3 is 0.833 bits per heavy atom. The molecule has 9 aromatic rings. The van der Waals surface area contributed by atoms with Crippen LogP contribution >= 0.6 is 90.7 Å². The summed E-state index contributed by atoms with van der Waals surface area (Å²) in [5.74, 6) is 1.85. The average Bonchev–Trinajstić information content (AvgIpc) is 1.57. The Kier molecular flexibility index (Phi) is 48.7. The van der Waals surface area contributed by atoms with Gasteiger partial charge >= 0.3 is 11.9 Å². The van der Waals surface area contributed by atoms with Gasteiger partial charge < -0.3 is 18.9 Å². The number of carbonyl (C=O) groups is 2. The highest BCUT2D eigenvalue weighted by atomic mass is 32.1. The van der Waals surface area contributed by atoms with E-state index in [0.717, 1.165) is 201 Å². The van der Waals surface area contributed by atoms with E-state index in [1.54, 1.807) is 22.7 Å². The summed E-state index contributed by atoms with van der Waals surface area (Å²) in [5.41, 5.74) is 8.26. The SMILES string of the molecule is CCCCCCCCOC(=O)/C(C#N)=C/c1sc(-c2sc(-c3cc(CCCCCC)c(-c4cc5c(OCC(CC)CCCC)c6sc(-c7sc(-c8cc(CCCCCC)c(-c9cc(CCCCCC)c(/C=C(\C#N)C(=O)OCCCCCCCC)s9)s8)cc7CCCCCC)cc6c(OCC(CC)CCCC)c5s4)s3)cc2CCCCCC)cc1CCCCCC. The number of nitrogens with zero attached hydrogens (tertiary/aromatic N) is 2. The third-order valence-electron chi connectivity index (χ3n) is 25.2. The number of hydrogen-bond donors (Lipinski definition) is 0. The van der Waals surface area contributed by atoms with Gasteiger partial charge in [0, 0.05) is 79.1 Å². The van der Waals surface area contributed by atoms with Crippen LogP contribution in [-0.4, -0.2) is 38.4 Å². The highest BCUT2D eigenvalue weighted by Gasteiger charge is 2.30. The molecule has 2 atom stereocenters. The van der Waals surface area contributed by atoms with Gasteiger partial charge in [-0.1, -0.05) is 301 Å². The number of benzene rings is 1. The summed E-state index contributed by atoms with van der Waals surface area (Å²) in [6.45, 7) is 29.6. The van der Waals surface area contributed by atoms with Crippen LogP contribution in [0.1, 0.15) is 409 Å². The molecule has 690 valence electrons. The molecule has 0 fully saturated rings. The van der Waals surface area contributed by atoms with E-state index in [-0.39, 0.29) is 11.1 Å². The predicted molar refractivity (Wildman–Crippen MR) is 558 cm³/mol. The molecule has 126 heavy (non-hydrogen) atoms. The topological polar surface area (TPSA) is 119 Å². The highest BCUT2D eigenvalue weighted by molar-refractivity contribution is 7.31. The van der Waals surface area contributed by atoms with Crippen molar-refractivity contribution >= 4 is 135 Å². The fourth-order valence-corrected chi connectivity index (χ4v) is 27.3. The van der Waals surface area contributed by atoms with E-state index in [1.165, 1.54) is 253 Å². The van der Waals surface area contributed by atoms with Gasteiger partial charge in [0.2, 0.25) is 0 Å². The normalized spacial score (nSPS) is 12.5. The number of aryl methyl sites for hydroxylation is 6. The fraction of sp³-hybridized carbons (Fsp3) is 0.618. The second-order valence-electron chi connectivity index (χ2n) is 35.7. The molecule has 8 nitrogen and oxygen atoms in total. The molecule has 16 heteroatoms. The van der Waals surface area contributed by atoms with Gasteiger partial charge in [0.15, 0.2) is 0 Å². The van der Waals surface area contributed by atoms with Crippen molar-refractivity contribution in [1.29, 1.82) is 10.5 Å². The molecule has 0 aliphatic rings. The number of carbonyl (C=O) groups excluding carboxylic acids is 2. The zero-order valence-electron chi connectivity index (χ0n) is 79.7.